The topological polar surface area (TPSA) is 131 Å². The lowest BCUT2D eigenvalue weighted by Crippen LogP contribution is -2.24. The van der Waals surface area contributed by atoms with Crippen molar-refractivity contribution in [1.82, 2.24) is 19.7 Å². The van der Waals surface area contributed by atoms with Crippen molar-refractivity contribution in [2.75, 3.05) is 20.0 Å². The van der Waals surface area contributed by atoms with Crippen molar-refractivity contribution in [2.24, 2.45) is 0 Å². The molecule has 11 heteroatoms. The van der Waals surface area contributed by atoms with E-state index in [0.29, 0.717) is 45.2 Å². The molecular weight excluding hydrogens is 541 g/mol. The number of Topliss-reactive ketones (excluding diaryl/α,β-unsaturated/α-hetero) is 1. The van der Waals surface area contributed by atoms with Crippen LogP contribution in [0.1, 0.15) is 35.9 Å². The smallest absolute Gasteiger partial charge is 0.218 e. The summed E-state index contributed by atoms with van der Waals surface area (Å²) in [7, 11) is 3.07. The Hall–Kier alpha value is -5.32. The first-order valence-corrected chi connectivity index (χ1v) is 13.0. The number of anilines is 1. The molecule has 0 saturated heterocycles. The van der Waals surface area contributed by atoms with Gasteiger partial charge in [0, 0.05) is 41.0 Å². The second kappa shape index (κ2) is 11.7. The van der Waals surface area contributed by atoms with E-state index >= 15 is 0 Å². The lowest BCUT2D eigenvalue weighted by Gasteiger charge is -2.14. The summed E-state index contributed by atoms with van der Waals surface area (Å²) in [5.41, 5.74) is 6.94. The number of benzene rings is 2. The van der Waals surface area contributed by atoms with E-state index in [1.807, 2.05) is 13.8 Å². The van der Waals surface area contributed by atoms with Gasteiger partial charge in [-0.1, -0.05) is 0 Å². The molecule has 0 spiro atoms. The Bertz CT molecular complexity index is 1840. The highest BCUT2D eigenvalue weighted by Crippen LogP contribution is 2.38. The van der Waals surface area contributed by atoms with Crippen molar-refractivity contribution in [2.45, 2.75) is 26.3 Å². The van der Waals surface area contributed by atoms with Crippen LogP contribution in [0.5, 0.6) is 23.0 Å². The normalized spacial score (nSPS) is 11.1. The number of methoxy groups -OCH3 is 2. The van der Waals surface area contributed by atoms with Crippen LogP contribution in [0.2, 0.25) is 0 Å². The van der Waals surface area contributed by atoms with Gasteiger partial charge in [0.25, 0.3) is 0 Å². The first kappa shape index (κ1) is 28.2. The summed E-state index contributed by atoms with van der Waals surface area (Å²) >= 11 is 0. The van der Waals surface area contributed by atoms with E-state index in [4.69, 9.17) is 19.9 Å². The quantitative estimate of drug-likeness (QED) is 0.232. The fourth-order valence-corrected chi connectivity index (χ4v) is 4.36. The minimum absolute atomic E-state index is 0.0248. The maximum Gasteiger partial charge on any atom is 0.218 e. The van der Waals surface area contributed by atoms with Crippen LogP contribution in [-0.4, -0.2) is 39.8 Å². The molecule has 2 N–H and O–H groups in total. The third-order valence-electron chi connectivity index (χ3n) is 6.55. The average molecular weight is 570 g/mol. The van der Waals surface area contributed by atoms with Gasteiger partial charge in [0.05, 0.1) is 37.9 Å². The van der Waals surface area contributed by atoms with Crippen LogP contribution in [0.15, 0.2) is 71.8 Å². The summed E-state index contributed by atoms with van der Waals surface area (Å²) in [6.45, 7) is 3.76. The number of hydrogen-bond acceptors (Lipinski definition) is 9. The summed E-state index contributed by atoms with van der Waals surface area (Å²) in [6, 6.07) is 13.7. The van der Waals surface area contributed by atoms with Gasteiger partial charge in [-0.15, -0.1) is 0 Å². The maximum absolute atomic E-state index is 13.5. The number of pyridine rings is 2. The summed E-state index contributed by atoms with van der Waals surface area (Å²) in [5, 5.41) is 5.04. The molecule has 42 heavy (non-hydrogen) atoms. The molecule has 0 fully saturated rings. The molecular formula is C31H28FN5O5. The standard InChI is InChI=1S/C31H28FN5O5/c1-17(2)37-16-23(31(39)30(36-37)18-5-7-19(32)8-6-18)25(38)11-20-9-10-21(15-34-20)42-26-14-29(33)35-24-13-28(41-4)27(40-3)12-22(24)26/h5-10,12-17H,11H2,1-4H3,(H2,33,35). The zero-order valence-electron chi connectivity index (χ0n) is 23.4. The Kier molecular flexibility index (Phi) is 7.83. The monoisotopic (exact) mass is 569 g/mol. The van der Waals surface area contributed by atoms with Gasteiger partial charge in [0.1, 0.15) is 28.8 Å². The van der Waals surface area contributed by atoms with Crippen molar-refractivity contribution in [3.05, 3.63) is 94.3 Å². The van der Waals surface area contributed by atoms with Gasteiger partial charge in [-0.2, -0.15) is 5.10 Å². The van der Waals surface area contributed by atoms with E-state index in [0.717, 1.165) is 0 Å². The molecule has 5 aromatic rings. The lowest BCUT2D eigenvalue weighted by molar-refractivity contribution is 0.0989. The van der Waals surface area contributed by atoms with Crippen molar-refractivity contribution >= 4 is 22.5 Å². The van der Waals surface area contributed by atoms with E-state index in [2.05, 4.69) is 15.1 Å². The number of rotatable bonds is 9. The van der Waals surface area contributed by atoms with Crippen molar-refractivity contribution in [1.29, 1.82) is 0 Å². The first-order valence-electron chi connectivity index (χ1n) is 13.0. The van der Waals surface area contributed by atoms with Crippen molar-refractivity contribution in [3.8, 4) is 34.3 Å². The Labute approximate surface area is 240 Å². The highest BCUT2D eigenvalue weighted by molar-refractivity contribution is 5.97. The Morgan fingerprint density at radius 2 is 1.71 bits per heavy atom. The number of nitrogen functional groups attached to an aromatic ring is 1. The minimum Gasteiger partial charge on any atom is -0.493 e. The zero-order valence-corrected chi connectivity index (χ0v) is 23.4. The second-order valence-electron chi connectivity index (χ2n) is 9.76. The molecule has 0 unspecified atom stereocenters. The summed E-state index contributed by atoms with van der Waals surface area (Å²) in [5.74, 6) is 1.24. The van der Waals surface area contributed by atoms with Crippen LogP contribution >= 0.6 is 0 Å². The van der Waals surface area contributed by atoms with Crippen LogP contribution in [0.3, 0.4) is 0 Å². The molecule has 10 nitrogen and oxygen atoms in total. The van der Waals surface area contributed by atoms with E-state index in [-0.39, 0.29) is 29.5 Å². The molecule has 0 aliphatic carbocycles. The zero-order chi connectivity index (χ0) is 30.0. The van der Waals surface area contributed by atoms with Crippen LogP contribution in [0, 0.1) is 5.82 Å². The Morgan fingerprint density at radius 3 is 2.36 bits per heavy atom. The van der Waals surface area contributed by atoms with Gasteiger partial charge in [-0.05, 0) is 56.3 Å². The second-order valence-corrected chi connectivity index (χ2v) is 9.76. The average Bonchev–Trinajstić information content (AvgIpc) is 2.97. The van der Waals surface area contributed by atoms with Crippen LogP contribution in [0.4, 0.5) is 10.2 Å². The molecule has 0 saturated carbocycles. The minimum atomic E-state index is -0.530. The predicted molar refractivity (Wildman–Crippen MR) is 156 cm³/mol. The number of carbonyl (C=O) groups is 1. The molecule has 3 aromatic heterocycles. The largest absolute Gasteiger partial charge is 0.493 e. The number of nitrogens with zero attached hydrogens (tertiary/aromatic N) is 4. The van der Waals surface area contributed by atoms with Gasteiger partial charge in [0.2, 0.25) is 5.43 Å². The molecule has 0 aliphatic rings. The first-order chi connectivity index (χ1) is 20.2. The van der Waals surface area contributed by atoms with E-state index in [1.54, 1.807) is 35.0 Å². The lowest BCUT2D eigenvalue weighted by atomic mass is 10.0. The number of hydrogen-bond donors (Lipinski definition) is 1. The van der Waals surface area contributed by atoms with Gasteiger partial charge in [0.15, 0.2) is 17.3 Å². The molecule has 5 rings (SSSR count). The number of ketones is 1. The fourth-order valence-electron chi connectivity index (χ4n) is 4.36. The molecule has 2 aromatic carbocycles. The Balaban J connectivity index is 1.41. The van der Waals surface area contributed by atoms with Crippen LogP contribution < -0.4 is 25.4 Å². The number of fused-ring (bicyclic) bond motifs is 1. The number of nitrogens with two attached hydrogens (primary N) is 1. The van der Waals surface area contributed by atoms with Gasteiger partial charge >= 0.3 is 0 Å². The summed E-state index contributed by atoms with van der Waals surface area (Å²) in [4.78, 5) is 35.3. The molecule has 0 radical (unpaired) electrons. The van der Waals surface area contributed by atoms with Gasteiger partial charge in [-0.3, -0.25) is 19.3 Å². The van der Waals surface area contributed by atoms with Crippen LogP contribution in [-0.2, 0) is 6.42 Å². The molecule has 3 heterocycles. The number of halogens is 1. The Morgan fingerprint density at radius 1 is 1.00 bits per heavy atom. The highest BCUT2D eigenvalue weighted by Gasteiger charge is 2.20. The van der Waals surface area contributed by atoms with Crippen LogP contribution in [0.25, 0.3) is 22.2 Å². The molecule has 214 valence electrons. The predicted octanol–water partition coefficient (Wildman–Crippen LogP) is 5.39. The van der Waals surface area contributed by atoms with E-state index in [9.17, 15) is 14.0 Å². The SMILES string of the molecule is COc1cc2nc(N)cc(Oc3ccc(CC(=O)c4cn(C(C)C)nc(-c5ccc(F)cc5)c4=O)nc3)c2cc1OC. The number of aromatic nitrogens is 4. The van der Waals surface area contributed by atoms with Gasteiger partial charge in [-0.25, -0.2) is 9.37 Å². The third-order valence-corrected chi connectivity index (χ3v) is 6.55. The molecule has 0 aliphatic heterocycles. The number of carbonyl (C=O) groups excluding carboxylic acids is 1. The molecule has 0 bridgehead atoms. The van der Waals surface area contributed by atoms with Gasteiger partial charge < -0.3 is 19.9 Å². The maximum atomic E-state index is 13.5. The summed E-state index contributed by atoms with van der Waals surface area (Å²) in [6.07, 6.45) is 2.80. The molecule has 0 atom stereocenters. The van der Waals surface area contributed by atoms with Crippen molar-refractivity contribution in [3.63, 3.8) is 0 Å². The van der Waals surface area contributed by atoms with E-state index < -0.39 is 17.0 Å². The summed E-state index contributed by atoms with van der Waals surface area (Å²) < 4.78 is 31.8. The fraction of sp³-hybridized carbons (Fsp3) is 0.194. The van der Waals surface area contributed by atoms with E-state index in [1.165, 1.54) is 50.9 Å². The third kappa shape index (κ3) is 5.75. The highest BCUT2D eigenvalue weighted by atomic mass is 19.1. The number of ether oxygens (including phenoxy) is 3. The van der Waals surface area contributed by atoms with Crippen molar-refractivity contribution < 1.29 is 23.4 Å². The molecule has 0 amide bonds.